The van der Waals surface area contributed by atoms with Gasteiger partial charge >= 0.3 is 0 Å². The standard InChI is InChI=1S/C13H18N2O/c1-16-13-8-11(4-5-14-13)15-12-7-9-2-3-10(12)6-9/h4-5,8-10,12H,2-3,6-7H2,1H3,(H,14,15). The van der Waals surface area contributed by atoms with Crippen LogP contribution in [0.25, 0.3) is 0 Å². The molecule has 1 aromatic heterocycles. The van der Waals surface area contributed by atoms with E-state index in [9.17, 15) is 0 Å². The van der Waals surface area contributed by atoms with E-state index in [0.717, 1.165) is 17.5 Å². The zero-order valence-electron chi connectivity index (χ0n) is 9.65. The third-order valence-electron chi connectivity index (χ3n) is 4.03. The molecule has 16 heavy (non-hydrogen) atoms. The first-order chi connectivity index (χ1) is 7.85. The molecule has 3 rings (SSSR count). The summed E-state index contributed by atoms with van der Waals surface area (Å²) in [4.78, 5) is 4.12. The van der Waals surface area contributed by atoms with Gasteiger partial charge in [-0.15, -0.1) is 0 Å². The van der Waals surface area contributed by atoms with Gasteiger partial charge in [0.15, 0.2) is 0 Å². The lowest BCUT2D eigenvalue weighted by molar-refractivity contribution is 0.397. The molecule has 86 valence electrons. The predicted molar refractivity (Wildman–Crippen MR) is 63.6 cm³/mol. The summed E-state index contributed by atoms with van der Waals surface area (Å²) >= 11 is 0. The molecule has 1 aromatic rings. The predicted octanol–water partition coefficient (Wildman–Crippen LogP) is 2.69. The highest BCUT2D eigenvalue weighted by molar-refractivity contribution is 5.46. The first-order valence-electron chi connectivity index (χ1n) is 6.12. The summed E-state index contributed by atoms with van der Waals surface area (Å²) in [7, 11) is 1.66. The van der Waals surface area contributed by atoms with Crippen molar-refractivity contribution in [3.63, 3.8) is 0 Å². The van der Waals surface area contributed by atoms with Crippen LogP contribution in [0.2, 0.25) is 0 Å². The van der Waals surface area contributed by atoms with Crippen molar-refractivity contribution < 1.29 is 4.74 Å². The first-order valence-corrected chi connectivity index (χ1v) is 6.12. The van der Waals surface area contributed by atoms with Gasteiger partial charge in [-0.2, -0.15) is 0 Å². The minimum atomic E-state index is 0.672. The van der Waals surface area contributed by atoms with Crippen molar-refractivity contribution in [1.29, 1.82) is 0 Å². The van der Waals surface area contributed by atoms with E-state index in [0.29, 0.717) is 11.9 Å². The Morgan fingerprint density at radius 2 is 2.31 bits per heavy atom. The molecule has 0 radical (unpaired) electrons. The molecular weight excluding hydrogens is 200 g/mol. The highest BCUT2D eigenvalue weighted by Gasteiger charge is 2.39. The van der Waals surface area contributed by atoms with Gasteiger partial charge in [-0.25, -0.2) is 4.98 Å². The molecule has 0 spiro atoms. The zero-order valence-corrected chi connectivity index (χ0v) is 9.65. The monoisotopic (exact) mass is 218 g/mol. The summed E-state index contributed by atoms with van der Waals surface area (Å²) in [5, 5.41) is 3.63. The number of methoxy groups -OCH3 is 1. The molecule has 0 amide bonds. The van der Waals surface area contributed by atoms with Crippen LogP contribution >= 0.6 is 0 Å². The highest BCUT2D eigenvalue weighted by Crippen LogP contribution is 2.45. The molecule has 2 bridgehead atoms. The number of nitrogens with zero attached hydrogens (tertiary/aromatic N) is 1. The van der Waals surface area contributed by atoms with E-state index in [1.807, 2.05) is 12.1 Å². The van der Waals surface area contributed by atoms with Gasteiger partial charge in [-0.1, -0.05) is 6.42 Å². The fraction of sp³-hybridized carbons (Fsp3) is 0.615. The zero-order chi connectivity index (χ0) is 11.0. The largest absolute Gasteiger partial charge is 0.481 e. The molecule has 3 unspecified atom stereocenters. The molecule has 2 saturated carbocycles. The Morgan fingerprint density at radius 1 is 1.38 bits per heavy atom. The van der Waals surface area contributed by atoms with Gasteiger partial charge in [0, 0.05) is 24.0 Å². The van der Waals surface area contributed by atoms with Gasteiger partial charge in [0.05, 0.1) is 7.11 Å². The van der Waals surface area contributed by atoms with Gasteiger partial charge in [0.2, 0.25) is 5.88 Å². The molecule has 3 atom stereocenters. The summed E-state index contributed by atoms with van der Waals surface area (Å²) in [6.45, 7) is 0. The minimum Gasteiger partial charge on any atom is -0.481 e. The lowest BCUT2D eigenvalue weighted by atomic mass is 9.95. The number of ether oxygens (including phenoxy) is 1. The summed E-state index contributed by atoms with van der Waals surface area (Å²) < 4.78 is 5.13. The Labute approximate surface area is 96.2 Å². The summed E-state index contributed by atoms with van der Waals surface area (Å²) in [5.41, 5.74) is 1.14. The van der Waals surface area contributed by atoms with Crippen molar-refractivity contribution in [3.05, 3.63) is 18.3 Å². The second-order valence-corrected chi connectivity index (χ2v) is 5.01. The number of hydrogen-bond acceptors (Lipinski definition) is 3. The van der Waals surface area contributed by atoms with Crippen molar-refractivity contribution in [2.24, 2.45) is 11.8 Å². The number of hydrogen-bond donors (Lipinski definition) is 1. The number of pyridine rings is 1. The van der Waals surface area contributed by atoms with Crippen LogP contribution in [-0.2, 0) is 0 Å². The van der Waals surface area contributed by atoms with E-state index in [1.54, 1.807) is 13.3 Å². The summed E-state index contributed by atoms with van der Waals surface area (Å²) in [6.07, 6.45) is 7.43. The number of nitrogens with one attached hydrogen (secondary N) is 1. The molecule has 2 aliphatic rings. The van der Waals surface area contributed by atoms with Crippen LogP contribution in [0.15, 0.2) is 18.3 Å². The second-order valence-electron chi connectivity index (χ2n) is 5.01. The maximum absolute atomic E-state index is 5.13. The molecule has 3 nitrogen and oxygen atoms in total. The minimum absolute atomic E-state index is 0.672. The normalized spacial score (nSPS) is 31.7. The van der Waals surface area contributed by atoms with E-state index in [1.165, 1.54) is 25.7 Å². The van der Waals surface area contributed by atoms with Crippen molar-refractivity contribution >= 4 is 5.69 Å². The Balaban J connectivity index is 1.69. The van der Waals surface area contributed by atoms with Crippen molar-refractivity contribution in [2.75, 3.05) is 12.4 Å². The maximum Gasteiger partial charge on any atom is 0.214 e. The lowest BCUT2D eigenvalue weighted by Crippen LogP contribution is -2.25. The van der Waals surface area contributed by atoms with Crippen LogP contribution < -0.4 is 10.1 Å². The molecular formula is C13H18N2O. The van der Waals surface area contributed by atoms with E-state index >= 15 is 0 Å². The maximum atomic E-state index is 5.13. The number of aromatic nitrogens is 1. The topological polar surface area (TPSA) is 34.1 Å². The van der Waals surface area contributed by atoms with Crippen LogP contribution in [-0.4, -0.2) is 18.1 Å². The Morgan fingerprint density at radius 3 is 3.00 bits per heavy atom. The molecule has 1 N–H and O–H groups in total. The highest BCUT2D eigenvalue weighted by atomic mass is 16.5. The van der Waals surface area contributed by atoms with Crippen LogP contribution in [0, 0.1) is 11.8 Å². The molecule has 1 heterocycles. The molecule has 2 aliphatic carbocycles. The third kappa shape index (κ3) is 1.75. The SMILES string of the molecule is COc1cc(NC2CC3CCC2C3)ccn1. The fourth-order valence-corrected chi connectivity index (χ4v) is 3.25. The fourth-order valence-electron chi connectivity index (χ4n) is 3.25. The van der Waals surface area contributed by atoms with Gasteiger partial charge < -0.3 is 10.1 Å². The van der Waals surface area contributed by atoms with Crippen molar-refractivity contribution in [1.82, 2.24) is 4.98 Å². The third-order valence-corrected chi connectivity index (χ3v) is 4.03. The Bertz CT molecular complexity index is 380. The van der Waals surface area contributed by atoms with E-state index in [2.05, 4.69) is 10.3 Å². The smallest absolute Gasteiger partial charge is 0.214 e. The van der Waals surface area contributed by atoms with Crippen molar-refractivity contribution in [3.8, 4) is 5.88 Å². The molecule has 0 saturated heterocycles. The Kier molecular flexibility index (Phi) is 2.46. The number of rotatable bonds is 3. The van der Waals surface area contributed by atoms with Gasteiger partial charge in [-0.3, -0.25) is 0 Å². The first kappa shape index (κ1) is 9.94. The van der Waals surface area contributed by atoms with Crippen molar-refractivity contribution in [2.45, 2.75) is 31.7 Å². The van der Waals surface area contributed by atoms with E-state index in [4.69, 9.17) is 4.74 Å². The van der Waals surface area contributed by atoms with Gasteiger partial charge in [0.25, 0.3) is 0 Å². The van der Waals surface area contributed by atoms with E-state index in [-0.39, 0.29) is 0 Å². The van der Waals surface area contributed by atoms with Gasteiger partial charge in [-0.05, 0) is 37.2 Å². The lowest BCUT2D eigenvalue weighted by Gasteiger charge is -2.24. The molecule has 2 fully saturated rings. The molecule has 0 aliphatic heterocycles. The second kappa shape index (κ2) is 3.96. The van der Waals surface area contributed by atoms with Gasteiger partial charge in [0.1, 0.15) is 0 Å². The summed E-state index contributed by atoms with van der Waals surface area (Å²) in [6, 6.07) is 4.67. The number of anilines is 1. The summed E-state index contributed by atoms with van der Waals surface area (Å²) in [5.74, 6) is 2.56. The van der Waals surface area contributed by atoms with Crippen LogP contribution in [0.5, 0.6) is 5.88 Å². The van der Waals surface area contributed by atoms with Crippen LogP contribution in [0.3, 0.4) is 0 Å². The van der Waals surface area contributed by atoms with Crippen LogP contribution in [0.4, 0.5) is 5.69 Å². The Hall–Kier alpha value is -1.25. The average molecular weight is 218 g/mol. The van der Waals surface area contributed by atoms with E-state index < -0.39 is 0 Å². The number of fused-ring (bicyclic) bond motifs is 2. The van der Waals surface area contributed by atoms with Crippen LogP contribution in [0.1, 0.15) is 25.7 Å². The average Bonchev–Trinajstić information content (AvgIpc) is 2.91. The quantitative estimate of drug-likeness (QED) is 0.847. The molecule has 0 aromatic carbocycles. The molecule has 3 heteroatoms.